The van der Waals surface area contributed by atoms with E-state index in [0.717, 1.165) is 12.8 Å². The molecule has 0 aromatic rings. The molecule has 4 heteroatoms. The fraction of sp³-hybridized carbons (Fsp3) is 0.889. The lowest BCUT2D eigenvalue weighted by molar-refractivity contribution is -0.121. The van der Waals surface area contributed by atoms with Crippen molar-refractivity contribution < 1.29 is 9.90 Å². The summed E-state index contributed by atoms with van der Waals surface area (Å²) in [5, 5.41) is 12.1. The van der Waals surface area contributed by atoms with Gasteiger partial charge in [0, 0.05) is 13.0 Å². The van der Waals surface area contributed by atoms with E-state index in [-0.39, 0.29) is 12.0 Å². The largest absolute Gasteiger partial charge is 0.391 e. The van der Waals surface area contributed by atoms with Gasteiger partial charge in [-0.1, -0.05) is 0 Å². The molecule has 1 fully saturated rings. The first-order chi connectivity index (χ1) is 6.24. The van der Waals surface area contributed by atoms with Crippen LogP contribution in [0.2, 0.25) is 0 Å². The van der Waals surface area contributed by atoms with E-state index in [9.17, 15) is 9.90 Å². The zero-order valence-corrected chi connectivity index (χ0v) is 7.83. The highest BCUT2D eigenvalue weighted by molar-refractivity contribution is 5.75. The molecule has 0 bridgehead atoms. The second kappa shape index (κ2) is 5.19. The van der Waals surface area contributed by atoms with Crippen LogP contribution in [0.3, 0.4) is 0 Å². The number of aliphatic hydroxyl groups is 1. The smallest absolute Gasteiger partial charge is 0.220 e. The van der Waals surface area contributed by atoms with Crippen LogP contribution in [0.1, 0.15) is 25.7 Å². The Hall–Kier alpha value is -0.610. The van der Waals surface area contributed by atoms with Gasteiger partial charge in [0.1, 0.15) is 0 Å². The van der Waals surface area contributed by atoms with Crippen LogP contribution in [0.4, 0.5) is 0 Å². The Morgan fingerprint density at radius 2 is 2.31 bits per heavy atom. The molecule has 4 N–H and O–H groups in total. The van der Waals surface area contributed by atoms with Crippen LogP contribution in [0.5, 0.6) is 0 Å². The Bertz CT molecular complexity index is 169. The van der Waals surface area contributed by atoms with Gasteiger partial charge >= 0.3 is 0 Å². The van der Waals surface area contributed by atoms with Crippen LogP contribution in [0, 0.1) is 5.92 Å². The molecule has 1 atom stereocenters. The summed E-state index contributed by atoms with van der Waals surface area (Å²) in [6.45, 7) is 0.937. The van der Waals surface area contributed by atoms with E-state index in [1.54, 1.807) is 0 Å². The van der Waals surface area contributed by atoms with E-state index >= 15 is 0 Å². The number of hydrogen-bond donors (Lipinski definition) is 3. The van der Waals surface area contributed by atoms with Gasteiger partial charge in [-0.25, -0.2) is 0 Å². The minimum Gasteiger partial charge on any atom is -0.391 e. The summed E-state index contributed by atoms with van der Waals surface area (Å²) in [6, 6.07) is 0. The Morgan fingerprint density at radius 3 is 2.85 bits per heavy atom. The van der Waals surface area contributed by atoms with Gasteiger partial charge in [0.05, 0.1) is 6.10 Å². The Kier molecular flexibility index (Phi) is 4.18. The van der Waals surface area contributed by atoms with Crippen molar-refractivity contribution >= 4 is 5.91 Å². The number of rotatable bonds is 6. The average molecular weight is 186 g/mol. The summed E-state index contributed by atoms with van der Waals surface area (Å²) < 4.78 is 0. The number of aliphatic hydroxyl groups excluding tert-OH is 1. The molecule has 1 aliphatic carbocycles. The highest BCUT2D eigenvalue weighted by atomic mass is 16.3. The minimum absolute atomic E-state index is 0.00912. The highest BCUT2D eigenvalue weighted by Gasteiger charge is 2.29. The number of amides is 1. The third kappa shape index (κ3) is 4.24. The normalized spacial score (nSPS) is 18.3. The summed E-state index contributed by atoms with van der Waals surface area (Å²) >= 11 is 0. The van der Waals surface area contributed by atoms with Gasteiger partial charge < -0.3 is 16.2 Å². The summed E-state index contributed by atoms with van der Waals surface area (Å²) in [6.07, 6.45) is 3.03. The SMILES string of the molecule is NCCCC(=O)NCC(O)C1CC1. The maximum atomic E-state index is 11.1. The Morgan fingerprint density at radius 1 is 1.62 bits per heavy atom. The van der Waals surface area contributed by atoms with E-state index in [0.29, 0.717) is 31.8 Å². The highest BCUT2D eigenvalue weighted by Crippen LogP contribution is 2.32. The molecule has 0 aliphatic heterocycles. The Labute approximate surface area is 78.5 Å². The molecule has 0 saturated heterocycles. The molecule has 76 valence electrons. The van der Waals surface area contributed by atoms with Gasteiger partial charge in [-0.2, -0.15) is 0 Å². The first-order valence-electron chi connectivity index (χ1n) is 4.89. The predicted octanol–water partition coefficient (Wildman–Crippen LogP) is -0.388. The number of nitrogens with two attached hydrogens (primary N) is 1. The summed E-state index contributed by atoms with van der Waals surface area (Å²) in [4.78, 5) is 11.1. The maximum Gasteiger partial charge on any atom is 0.220 e. The molecular weight excluding hydrogens is 168 g/mol. The number of carbonyl (C=O) groups excluding carboxylic acids is 1. The number of carbonyl (C=O) groups is 1. The Balaban J connectivity index is 2.00. The van der Waals surface area contributed by atoms with E-state index in [4.69, 9.17) is 5.73 Å². The van der Waals surface area contributed by atoms with Gasteiger partial charge in [0.15, 0.2) is 0 Å². The van der Waals surface area contributed by atoms with E-state index in [2.05, 4.69) is 5.32 Å². The van der Waals surface area contributed by atoms with Crippen molar-refractivity contribution in [2.75, 3.05) is 13.1 Å². The van der Waals surface area contributed by atoms with Crippen molar-refractivity contribution in [2.24, 2.45) is 11.7 Å². The van der Waals surface area contributed by atoms with Crippen LogP contribution in [-0.4, -0.2) is 30.2 Å². The fourth-order valence-corrected chi connectivity index (χ4v) is 1.22. The van der Waals surface area contributed by atoms with Crippen LogP contribution >= 0.6 is 0 Å². The zero-order chi connectivity index (χ0) is 9.68. The van der Waals surface area contributed by atoms with E-state index in [1.807, 2.05) is 0 Å². The van der Waals surface area contributed by atoms with Crippen molar-refractivity contribution in [2.45, 2.75) is 31.8 Å². The molecule has 0 aromatic carbocycles. The molecular formula is C9H18N2O2. The molecule has 13 heavy (non-hydrogen) atoms. The lowest BCUT2D eigenvalue weighted by Gasteiger charge is -2.10. The van der Waals surface area contributed by atoms with Crippen molar-refractivity contribution in [1.82, 2.24) is 5.32 Å². The van der Waals surface area contributed by atoms with Gasteiger partial charge in [0.2, 0.25) is 5.91 Å². The standard InChI is InChI=1S/C9H18N2O2/c10-5-1-2-9(13)11-6-8(12)7-3-4-7/h7-8,12H,1-6,10H2,(H,11,13). The van der Waals surface area contributed by atoms with Crippen LogP contribution < -0.4 is 11.1 Å². The summed E-state index contributed by atoms with van der Waals surface area (Å²) in [5.41, 5.74) is 5.26. The number of hydrogen-bond acceptors (Lipinski definition) is 3. The van der Waals surface area contributed by atoms with Crippen molar-refractivity contribution in [3.05, 3.63) is 0 Å². The first kappa shape index (κ1) is 10.5. The molecule has 0 aromatic heterocycles. The quantitative estimate of drug-likeness (QED) is 0.529. The monoisotopic (exact) mass is 186 g/mol. The predicted molar refractivity (Wildman–Crippen MR) is 50.0 cm³/mol. The van der Waals surface area contributed by atoms with Crippen LogP contribution in [0.15, 0.2) is 0 Å². The van der Waals surface area contributed by atoms with Crippen molar-refractivity contribution in [3.63, 3.8) is 0 Å². The summed E-state index contributed by atoms with van der Waals surface area (Å²) in [5.74, 6) is 0.417. The molecule has 1 unspecified atom stereocenters. The zero-order valence-electron chi connectivity index (χ0n) is 7.83. The van der Waals surface area contributed by atoms with Crippen molar-refractivity contribution in [3.8, 4) is 0 Å². The third-order valence-corrected chi connectivity index (χ3v) is 2.28. The van der Waals surface area contributed by atoms with E-state index < -0.39 is 0 Å². The lowest BCUT2D eigenvalue weighted by atomic mass is 10.2. The first-order valence-corrected chi connectivity index (χ1v) is 4.89. The average Bonchev–Trinajstić information content (AvgIpc) is 2.93. The molecule has 0 spiro atoms. The van der Waals surface area contributed by atoms with Gasteiger partial charge in [0.25, 0.3) is 0 Å². The molecule has 1 saturated carbocycles. The van der Waals surface area contributed by atoms with Crippen LogP contribution in [0.25, 0.3) is 0 Å². The minimum atomic E-state index is -0.346. The lowest BCUT2D eigenvalue weighted by Crippen LogP contribution is -2.33. The fourth-order valence-electron chi connectivity index (χ4n) is 1.22. The molecule has 1 amide bonds. The number of nitrogens with one attached hydrogen (secondary N) is 1. The topological polar surface area (TPSA) is 75.4 Å². The molecule has 4 nitrogen and oxygen atoms in total. The third-order valence-electron chi connectivity index (χ3n) is 2.28. The van der Waals surface area contributed by atoms with Gasteiger partial charge in [-0.3, -0.25) is 4.79 Å². The summed E-state index contributed by atoms with van der Waals surface area (Å²) in [7, 11) is 0. The van der Waals surface area contributed by atoms with Crippen LogP contribution in [-0.2, 0) is 4.79 Å². The molecule has 0 radical (unpaired) electrons. The van der Waals surface area contributed by atoms with Gasteiger partial charge in [-0.15, -0.1) is 0 Å². The second-order valence-electron chi connectivity index (χ2n) is 3.60. The van der Waals surface area contributed by atoms with E-state index in [1.165, 1.54) is 0 Å². The molecule has 1 aliphatic rings. The second-order valence-corrected chi connectivity index (χ2v) is 3.60. The maximum absolute atomic E-state index is 11.1. The van der Waals surface area contributed by atoms with Crippen molar-refractivity contribution in [1.29, 1.82) is 0 Å². The van der Waals surface area contributed by atoms with Gasteiger partial charge in [-0.05, 0) is 31.7 Å². The molecule has 0 heterocycles. The molecule has 1 rings (SSSR count).